The number of hydrogen-bond acceptors (Lipinski definition) is 5. The van der Waals surface area contributed by atoms with E-state index in [-0.39, 0.29) is 11.9 Å². The lowest BCUT2D eigenvalue weighted by Crippen LogP contribution is -2.35. The number of imidazole rings is 1. The molecule has 1 aromatic carbocycles. The Hall–Kier alpha value is -2.84. The molecule has 156 valence electrons. The Morgan fingerprint density at radius 2 is 2.23 bits per heavy atom. The van der Waals surface area contributed by atoms with Crippen molar-refractivity contribution in [1.29, 1.82) is 0 Å². The fourth-order valence-electron chi connectivity index (χ4n) is 4.19. The minimum Gasteiger partial charge on any atom is -0.495 e. The van der Waals surface area contributed by atoms with Gasteiger partial charge in [-0.3, -0.25) is 4.79 Å². The maximum atomic E-state index is 13.0. The fraction of sp³-hybridized carbons (Fsp3) is 0.381. The van der Waals surface area contributed by atoms with Crippen molar-refractivity contribution < 1.29 is 14.3 Å². The number of halogens is 1. The van der Waals surface area contributed by atoms with Gasteiger partial charge in [0, 0.05) is 12.1 Å². The first kappa shape index (κ1) is 19.1. The number of nitrogens with zero attached hydrogens (tertiary/aromatic N) is 4. The Labute approximate surface area is 178 Å². The van der Waals surface area contributed by atoms with Crippen LogP contribution in [0.3, 0.4) is 0 Å². The van der Waals surface area contributed by atoms with Crippen molar-refractivity contribution in [2.24, 2.45) is 0 Å². The van der Waals surface area contributed by atoms with E-state index < -0.39 is 0 Å². The van der Waals surface area contributed by atoms with Crippen molar-refractivity contribution in [2.45, 2.75) is 38.5 Å². The van der Waals surface area contributed by atoms with Gasteiger partial charge in [0.05, 0.1) is 56.0 Å². The molecule has 30 heavy (non-hydrogen) atoms. The molecule has 1 amide bonds. The van der Waals surface area contributed by atoms with Crippen molar-refractivity contribution >= 4 is 17.5 Å². The summed E-state index contributed by atoms with van der Waals surface area (Å²) < 4.78 is 14.9. The molecule has 0 fully saturated rings. The van der Waals surface area contributed by atoms with E-state index in [9.17, 15) is 4.79 Å². The molecule has 9 heteroatoms. The van der Waals surface area contributed by atoms with Crippen molar-refractivity contribution in [3.05, 3.63) is 58.4 Å². The smallest absolute Gasteiger partial charge is 0.272 e. The highest BCUT2D eigenvalue weighted by Crippen LogP contribution is 2.34. The van der Waals surface area contributed by atoms with Crippen LogP contribution >= 0.6 is 11.6 Å². The van der Waals surface area contributed by atoms with Crippen molar-refractivity contribution in [3.63, 3.8) is 0 Å². The summed E-state index contributed by atoms with van der Waals surface area (Å²) in [6, 6.07) is 5.23. The summed E-state index contributed by atoms with van der Waals surface area (Å²) in [5.41, 5.74) is 3.99. The number of carbonyl (C=O) groups excluding carboxylic acids is 1. The first-order chi connectivity index (χ1) is 14.7. The van der Waals surface area contributed by atoms with Gasteiger partial charge in [0.2, 0.25) is 0 Å². The van der Waals surface area contributed by atoms with E-state index in [1.54, 1.807) is 30.4 Å². The summed E-state index contributed by atoms with van der Waals surface area (Å²) in [6.07, 6.45) is 6.60. The Bertz CT molecular complexity index is 1110. The summed E-state index contributed by atoms with van der Waals surface area (Å²) in [5.74, 6) is 0.392. The number of aromatic nitrogens is 4. The van der Waals surface area contributed by atoms with Crippen LogP contribution in [0.5, 0.6) is 5.75 Å². The first-order valence-electron chi connectivity index (χ1n) is 9.99. The molecule has 2 aromatic heterocycles. The van der Waals surface area contributed by atoms with E-state index in [1.165, 1.54) is 0 Å². The van der Waals surface area contributed by atoms with E-state index in [1.807, 2.05) is 12.1 Å². The van der Waals surface area contributed by atoms with Crippen LogP contribution in [-0.2, 0) is 24.3 Å². The standard InChI is InChI=1S/C21H22ClN5O3/c1-29-18-7-4-6-15(19(18)22)27-17-11-30-10-14(13(17)9-24-27)25-21(28)20-16-5-2-3-8-26(16)12-23-20/h4,6-7,9,12,14H,2-3,5,8,10-11H2,1H3,(H,25,28)/t14-/m1/s1. The molecule has 3 aromatic rings. The first-order valence-corrected chi connectivity index (χ1v) is 10.4. The van der Waals surface area contributed by atoms with Crippen LogP contribution in [0.1, 0.15) is 46.3 Å². The number of aryl methyl sites for hydroxylation is 1. The van der Waals surface area contributed by atoms with E-state index in [0.29, 0.717) is 35.4 Å². The number of ether oxygens (including phenoxy) is 2. The number of amides is 1. The molecule has 0 aliphatic carbocycles. The maximum Gasteiger partial charge on any atom is 0.272 e. The Morgan fingerprint density at radius 3 is 3.10 bits per heavy atom. The molecule has 2 aliphatic rings. The molecular weight excluding hydrogens is 406 g/mol. The van der Waals surface area contributed by atoms with Gasteiger partial charge in [-0.15, -0.1) is 0 Å². The second kappa shape index (κ2) is 7.77. The molecule has 0 bridgehead atoms. The third kappa shape index (κ3) is 3.16. The number of hydrogen-bond donors (Lipinski definition) is 1. The van der Waals surface area contributed by atoms with Gasteiger partial charge in [-0.1, -0.05) is 17.7 Å². The lowest BCUT2D eigenvalue weighted by Gasteiger charge is -2.25. The van der Waals surface area contributed by atoms with E-state index in [0.717, 1.165) is 42.8 Å². The lowest BCUT2D eigenvalue weighted by molar-refractivity contribution is 0.0684. The average molecular weight is 428 g/mol. The fourth-order valence-corrected chi connectivity index (χ4v) is 4.47. The number of fused-ring (bicyclic) bond motifs is 2. The highest BCUT2D eigenvalue weighted by atomic mass is 35.5. The molecule has 1 N–H and O–H groups in total. The molecule has 4 heterocycles. The molecule has 0 unspecified atom stereocenters. The Morgan fingerprint density at radius 1 is 1.33 bits per heavy atom. The zero-order valence-electron chi connectivity index (χ0n) is 16.6. The van der Waals surface area contributed by atoms with Gasteiger partial charge in [0.15, 0.2) is 0 Å². The highest BCUT2D eigenvalue weighted by Gasteiger charge is 2.29. The predicted octanol–water partition coefficient (Wildman–Crippen LogP) is 3.07. The van der Waals surface area contributed by atoms with Crippen LogP contribution < -0.4 is 10.1 Å². The molecule has 0 saturated carbocycles. The second-order valence-corrected chi connectivity index (χ2v) is 7.86. The number of methoxy groups -OCH3 is 1. The minimum absolute atomic E-state index is 0.181. The second-order valence-electron chi connectivity index (χ2n) is 7.48. The van der Waals surface area contributed by atoms with Crippen LogP contribution in [0.2, 0.25) is 5.02 Å². The van der Waals surface area contributed by atoms with E-state index >= 15 is 0 Å². The third-order valence-electron chi connectivity index (χ3n) is 5.72. The van der Waals surface area contributed by atoms with Crippen LogP contribution in [0, 0.1) is 0 Å². The molecule has 5 rings (SSSR count). The number of benzene rings is 1. The zero-order chi connectivity index (χ0) is 20.7. The predicted molar refractivity (Wildman–Crippen MR) is 110 cm³/mol. The quantitative estimate of drug-likeness (QED) is 0.691. The van der Waals surface area contributed by atoms with Crippen LogP contribution in [0.4, 0.5) is 0 Å². The van der Waals surface area contributed by atoms with Gasteiger partial charge in [-0.2, -0.15) is 5.10 Å². The van der Waals surface area contributed by atoms with Gasteiger partial charge in [0.25, 0.3) is 5.91 Å². The van der Waals surface area contributed by atoms with Gasteiger partial charge in [-0.25, -0.2) is 9.67 Å². The Balaban J connectivity index is 1.43. The molecule has 0 radical (unpaired) electrons. The van der Waals surface area contributed by atoms with Gasteiger partial charge >= 0.3 is 0 Å². The lowest BCUT2D eigenvalue weighted by atomic mass is 10.0. The van der Waals surface area contributed by atoms with Crippen LogP contribution in [0.25, 0.3) is 5.69 Å². The highest BCUT2D eigenvalue weighted by molar-refractivity contribution is 6.33. The van der Waals surface area contributed by atoms with E-state index in [4.69, 9.17) is 21.1 Å². The summed E-state index contributed by atoms with van der Waals surface area (Å²) in [5, 5.41) is 8.07. The van der Waals surface area contributed by atoms with Crippen LogP contribution in [0.15, 0.2) is 30.7 Å². The maximum absolute atomic E-state index is 13.0. The largest absolute Gasteiger partial charge is 0.495 e. The number of nitrogens with one attached hydrogen (secondary N) is 1. The molecule has 0 spiro atoms. The van der Waals surface area contributed by atoms with Gasteiger partial charge < -0.3 is 19.4 Å². The Kier molecular flexibility index (Phi) is 4.96. The third-order valence-corrected chi connectivity index (χ3v) is 6.10. The normalized spacial score (nSPS) is 17.9. The van der Waals surface area contributed by atoms with Crippen molar-refractivity contribution in [3.8, 4) is 11.4 Å². The minimum atomic E-state index is -0.305. The summed E-state index contributed by atoms with van der Waals surface area (Å²) in [4.78, 5) is 17.3. The summed E-state index contributed by atoms with van der Waals surface area (Å²) >= 11 is 6.49. The number of carbonyl (C=O) groups is 1. The summed E-state index contributed by atoms with van der Waals surface area (Å²) in [6.45, 7) is 1.68. The topological polar surface area (TPSA) is 83.2 Å². The average Bonchev–Trinajstić information content (AvgIpc) is 3.39. The molecule has 0 saturated heterocycles. The zero-order valence-corrected chi connectivity index (χ0v) is 17.4. The van der Waals surface area contributed by atoms with Gasteiger partial charge in [-0.05, 0) is 31.4 Å². The van der Waals surface area contributed by atoms with Crippen molar-refractivity contribution in [1.82, 2.24) is 24.6 Å². The molecule has 2 aliphatic heterocycles. The van der Waals surface area contributed by atoms with Crippen LogP contribution in [-0.4, -0.2) is 39.0 Å². The van der Waals surface area contributed by atoms with E-state index in [2.05, 4.69) is 20.0 Å². The number of rotatable bonds is 4. The monoisotopic (exact) mass is 427 g/mol. The SMILES string of the molecule is COc1cccc(-n2ncc3c2COC[C@H]3NC(=O)c2ncn3c2CCCC3)c1Cl. The molecular formula is C21H22ClN5O3. The molecule has 8 nitrogen and oxygen atoms in total. The summed E-state index contributed by atoms with van der Waals surface area (Å²) in [7, 11) is 1.58. The van der Waals surface area contributed by atoms with Crippen molar-refractivity contribution in [2.75, 3.05) is 13.7 Å². The van der Waals surface area contributed by atoms with Gasteiger partial charge in [0.1, 0.15) is 16.5 Å². The molecule has 1 atom stereocenters.